The number of hydrogen-bond acceptors (Lipinski definition) is 2. The van der Waals surface area contributed by atoms with Gasteiger partial charge in [-0.3, -0.25) is 4.79 Å². The van der Waals surface area contributed by atoms with Gasteiger partial charge in [0.25, 0.3) is 5.91 Å². The van der Waals surface area contributed by atoms with Crippen molar-refractivity contribution >= 4 is 21.8 Å². The average molecular weight is 310 g/mol. The van der Waals surface area contributed by atoms with Crippen LogP contribution in [0.1, 0.15) is 36.0 Å². The average Bonchev–Trinajstić information content (AvgIpc) is 2.61. The summed E-state index contributed by atoms with van der Waals surface area (Å²) in [6.45, 7) is 0. The van der Waals surface area contributed by atoms with E-state index in [9.17, 15) is 9.90 Å². The van der Waals surface area contributed by atoms with Crippen molar-refractivity contribution in [3.63, 3.8) is 0 Å². The first-order valence-corrected chi connectivity index (χ1v) is 7.21. The molecule has 4 heteroatoms. The molecule has 96 valence electrons. The van der Waals surface area contributed by atoms with Crippen LogP contribution in [0.5, 0.6) is 0 Å². The Bertz CT molecular complexity index is 463. The summed E-state index contributed by atoms with van der Waals surface area (Å²) < 4.78 is 0.848. The number of amides is 1. The molecule has 2 heterocycles. The van der Waals surface area contributed by atoms with Gasteiger partial charge in [0.15, 0.2) is 0 Å². The third-order valence-corrected chi connectivity index (χ3v) is 4.74. The molecule has 2 aliphatic rings. The first kappa shape index (κ1) is 12.2. The molecule has 0 aliphatic carbocycles. The number of aliphatic hydroxyl groups is 1. The van der Waals surface area contributed by atoms with Gasteiger partial charge in [-0.2, -0.15) is 0 Å². The quantitative estimate of drug-likeness (QED) is 0.866. The minimum absolute atomic E-state index is 0.0990. The fourth-order valence-corrected chi connectivity index (χ4v) is 3.71. The van der Waals surface area contributed by atoms with Crippen LogP contribution in [0.4, 0.5) is 0 Å². The Morgan fingerprint density at radius 3 is 2.44 bits per heavy atom. The highest BCUT2D eigenvalue weighted by atomic mass is 79.9. The molecule has 2 fully saturated rings. The lowest BCUT2D eigenvalue weighted by atomic mass is 9.99. The van der Waals surface area contributed by atoms with Crippen LogP contribution in [0.25, 0.3) is 0 Å². The lowest BCUT2D eigenvalue weighted by Gasteiger charge is -2.37. The second-order valence-corrected chi connectivity index (χ2v) is 6.06. The lowest BCUT2D eigenvalue weighted by Crippen LogP contribution is -2.48. The highest BCUT2D eigenvalue weighted by molar-refractivity contribution is 9.10. The van der Waals surface area contributed by atoms with Crippen molar-refractivity contribution in [3.8, 4) is 0 Å². The zero-order valence-electron chi connectivity index (χ0n) is 10.1. The molecule has 18 heavy (non-hydrogen) atoms. The topological polar surface area (TPSA) is 40.5 Å². The van der Waals surface area contributed by atoms with Gasteiger partial charge in [0, 0.05) is 16.6 Å². The molecule has 2 aliphatic heterocycles. The molecule has 0 spiro atoms. The summed E-state index contributed by atoms with van der Waals surface area (Å²) in [6.07, 6.45) is 3.28. The van der Waals surface area contributed by atoms with E-state index < -0.39 is 0 Å². The van der Waals surface area contributed by atoms with Gasteiger partial charge >= 0.3 is 0 Å². The predicted octanol–water partition coefficient (Wildman–Crippen LogP) is 2.58. The van der Waals surface area contributed by atoms with Crippen LogP contribution >= 0.6 is 15.9 Å². The first-order chi connectivity index (χ1) is 8.66. The lowest BCUT2D eigenvalue weighted by molar-refractivity contribution is 0.0286. The van der Waals surface area contributed by atoms with Crippen molar-refractivity contribution in [2.75, 3.05) is 0 Å². The largest absolute Gasteiger partial charge is 0.393 e. The van der Waals surface area contributed by atoms with E-state index in [0.717, 1.165) is 35.7 Å². The van der Waals surface area contributed by atoms with Crippen LogP contribution < -0.4 is 0 Å². The van der Waals surface area contributed by atoms with Crippen LogP contribution in [-0.4, -0.2) is 34.1 Å². The standard InChI is InChI=1S/C14H16BrNO2/c15-13-4-2-1-3-12(13)14(18)16-9-5-6-10(16)8-11(17)7-9/h1-4,9-11,17H,5-8H2. The van der Waals surface area contributed by atoms with Crippen molar-refractivity contribution in [1.29, 1.82) is 0 Å². The molecule has 2 unspecified atom stereocenters. The molecule has 0 radical (unpaired) electrons. The van der Waals surface area contributed by atoms with E-state index in [1.807, 2.05) is 29.2 Å². The monoisotopic (exact) mass is 309 g/mol. The first-order valence-electron chi connectivity index (χ1n) is 6.42. The minimum atomic E-state index is -0.231. The summed E-state index contributed by atoms with van der Waals surface area (Å²) in [6, 6.07) is 8.00. The molecule has 1 N–H and O–H groups in total. The zero-order valence-corrected chi connectivity index (χ0v) is 11.6. The van der Waals surface area contributed by atoms with Gasteiger partial charge in [-0.05, 0) is 53.7 Å². The number of halogens is 1. The van der Waals surface area contributed by atoms with Crippen LogP contribution in [-0.2, 0) is 0 Å². The Morgan fingerprint density at radius 1 is 1.22 bits per heavy atom. The summed E-state index contributed by atoms with van der Waals surface area (Å²) in [5.41, 5.74) is 0.728. The number of carbonyl (C=O) groups excluding carboxylic acids is 1. The van der Waals surface area contributed by atoms with Crippen LogP contribution in [0.2, 0.25) is 0 Å². The molecule has 0 saturated carbocycles. The molecule has 2 atom stereocenters. The van der Waals surface area contributed by atoms with Crippen molar-refractivity contribution in [3.05, 3.63) is 34.3 Å². The number of fused-ring (bicyclic) bond motifs is 2. The second-order valence-electron chi connectivity index (χ2n) is 5.20. The number of hydrogen-bond donors (Lipinski definition) is 1. The van der Waals surface area contributed by atoms with E-state index >= 15 is 0 Å². The van der Waals surface area contributed by atoms with Crippen LogP contribution in [0.15, 0.2) is 28.7 Å². The van der Waals surface area contributed by atoms with E-state index in [2.05, 4.69) is 15.9 Å². The smallest absolute Gasteiger partial charge is 0.255 e. The Morgan fingerprint density at radius 2 is 1.83 bits per heavy atom. The number of piperidine rings is 1. The molecular formula is C14H16BrNO2. The van der Waals surface area contributed by atoms with E-state index in [0.29, 0.717) is 0 Å². The molecule has 1 amide bonds. The minimum Gasteiger partial charge on any atom is -0.393 e. The number of benzene rings is 1. The fraction of sp³-hybridized carbons (Fsp3) is 0.500. The van der Waals surface area contributed by atoms with E-state index in [-0.39, 0.29) is 24.1 Å². The molecule has 3 nitrogen and oxygen atoms in total. The van der Waals surface area contributed by atoms with Gasteiger partial charge in [-0.25, -0.2) is 0 Å². The van der Waals surface area contributed by atoms with Gasteiger partial charge in [0.2, 0.25) is 0 Å². The summed E-state index contributed by atoms with van der Waals surface area (Å²) in [5.74, 6) is 0.0990. The van der Waals surface area contributed by atoms with Gasteiger partial charge in [0.05, 0.1) is 11.7 Å². The number of rotatable bonds is 1. The van der Waals surface area contributed by atoms with Crippen molar-refractivity contribution in [2.45, 2.75) is 43.9 Å². The fourth-order valence-electron chi connectivity index (χ4n) is 3.25. The summed E-state index contributed by atoms with van der Waals surface area (Å²) >= 11 is 3.44. The van der Waals surface area contributed by atoms with E-state index in [4.69, 9.17) is 0 Å². The van der Waals surface area contributed by atoms with Crippen molar-refractivity contribution in [2.24, 2.45) is 0 Å². The summed E-state index contributed by atoms with van der Waals surface area (Å²) in [5, 5.41) is 9.77. The van der Waals surface area contributed by atoms with Crippen molar-refractivity contribution in [1.82, 2.24) is 4.90 Å². The van der Waals surface area contributed by atoms with Gasteiger partial charge in [0.1, 0.15) is 0 Å². The summed E-state index contributed by atoms with van der Waals surface area (Å²) in [7, 11) is 0. The third kappa shape index (κ3) is 1.97. The van der Waals surface area contributed by atoms with Crippen molar-refractivity contribution < 1.29 is 9.90 Å². The Kier molecular flexibility index (Phi) is 3.16. The number of aliphatic hydroxyl groups excluding tert-OH is 1. The van der Waals surface area contributed by atoms with E-state index in [1.165, 1.54) is 0 Å². The molecule has 2 bridgehead atoms. The Labute approximate surface area is 115 Å². The second kappa shape index (κ2) is 4.67. The predicted molar refractivity (Wildman–Crippen MR) is 72.4 cm³/mol. The molecule has 3 rings (SSSR count). The molecule has 1 aromatic carbocycles. The number of nitrogens with zero attached hydrogens (tertiary/aromatic N) is 1. The van der Waals surface area contributed by atoms with Crippen LogP contribution in [0, 0.1) is 0 Å². The van der Waals surface area contributed by atoms with Gasteiger partial charge in [-0.1, -0.05) is 12.1 Å². The summed E-state index contributed by atoms with van der Waals surface area (Å²) in [4.78, 5) is 14.6. The highest BCUT2D eigenvalue weighted by Gasteiger charge is 2.43. The normalized spacial score (nSPS) is 30.6. The SMILES string of the molecule is O=C(c1ccccc1Br)N1C2CCC1CC(O)C2. The highest BCUT2D eigenvalue weighted by Crippen LogP contribution is 2.37. The molecular weight excluding hydrogens is 294 g/mol. The molecule has 1 aromatic rings. The number of carbonyl (C=O) groups is 1. The maximum atomic E-state index is 12.6. The Balaban J connectivity index is 1.88. The molecule has 2 saturated heterocycles. The molecule has 0 aromatic heterocycles. The Hall–Kier alpha value is -0.870. The van der Waals surface area contributed by atoms with E-state index in [1.54, 1.807) is 0 Å². The maximum absolute atomic E-state index is 12.6. The maximum Gasteiger partial charge on any atom is 0.255 e. The third-order valence-electron chi connectivity index (χ3n) is 4.05. The van der Waals surface area contributed by atoms with Gasteiger partial charge in [-0.15, -0.1) is 0 Å². The van der Waals surface area contributed by atoms with Gasteiger partial charge < -0.3 is 10.0 Å². The van der Waals surface area contributed by atoms with Crippen LogP contribution in [0.3, 0.4) is 0 Å². The zero-order chi connectivity index (χ0) is 12.7.